The van der Waals surface area contributed by atoms with Crippen LogP contribution in [0.25, 0.3) is 0 Å². The van der Waals surface area contributed by atoms with Gasteiger partial charge < -0.3 is 15.3 Å². The number of carbonyl (C=O) groups excluding carboxylic acids is 1. The number of benzene rings is 1. The first-order valence-corrected chi connectivity index (χ1v) is 7.24. The van der Waals surface area contributed by atoms with Gasteiger partial charge in [0.1, 0.15) is 6.04 Å². The third-order valence-electron chi connectivity index (χ3n) is 3.29. The molecule has 0 bridgehead atoms. The van der Waals surface area contributed by atoms with Crippen LogP contribution in [-0.4, -0.2) is 35.1 Å². The first-order chi connectivity index (χ1) is 9.93. The Morgan fingerprint density at radius 1 is 1.38 bits per heavy atom. The summed E-state index contributed by atoms with van der Waals surface area (Å²) >= 11 is 0. The number of carbonyl (C=O) groups is 2. The van der Waals surface area contributed by atoms with E-state index < -0.39 is 12.0 Å². The van der Waals surface area contributed by atoms with Gasteiger partial charge in [0, 0.05) is 13.6 Å². The summed E-state index contributed by atoms with van der Waals surface area (Å²) in [6.45, 7) is 4.44. The van der Waals surface area contributed by atoms with Gasteiger partial charge in [-0.3, -0.25) is 0 Å². The molecule has 0 spiro atoms. The molecule has 2 amide bonds. The lowest BCUT2D eigenvalue weighted by Crippen LogP contribution is -2.46. The summed E-state index contributed by atoms with van der Waals surface area (Å²) in [6, 6.07) is 6.71. The van der Waals surface area contributed by atoms with E-state index in [1.165, 1.54) is 4.90 Å². The van der Waals surface area contributed by atoms with Crippen LogP contribution >= 0.6 is 0 Å². The van der Waals surface area contributed by atoms with E-state index in [-0.39, 0.29) is 6.03 Å². The monoisotopic (exact) mass is 292 g/mol. The number of hydrogen-bond donors (Lipinski definition) is 2. The Kier molecular flexibility index (Phi) is 6.72. The number of aryl methyl sites for hydroxylation is 1. The Balaban J connectivity index is 2.58. The lowest BCUT2D eigenvalue weighted by molar-refractivity contribution is -0.139. The molecule has 0 radical (unpaired) electrons. The molecule has 1 aromatic rings. The molecule has 0 aliphatic rings. The molecule has 0 heterocycles. The zero-order valence-electron chi connectivity index (χ0n) is 12.9. The highest BCUT2D eigenvalue weighted by Gasteiger charge is 2.21. The molecular formula is C16H24N2O3. The van der Waals surface area contributed by atoms with Crippen LogP contribution in [0.5, 0.6) is 0 Å². The number of carboxylic acid groups (broad SMARTS) is 1. The molecule has 0 saturated carbocycles. The predicted octanol–water partition coefficient (Wildman–Crippen LogP) is 2.78. The van der Waals surface area contributed by atoms with Crippen LogP contribution in [0.1, 0.15) is 37.3 Å². The van der Waals surface area contributed by atoms with Crippen molar-refractivity contribution >= 4 is 12.0 Å². The van der Waals surface area contributed by atoms with Crippen molar-refractivity contribution in [3.05, 3.63) is 35.4 Å². The Bertz CT molecular complexity index is 488. The summed E-state index contributed by atoms with van der Waals surface area (Å²) in [5.74, 6) is -0.985. The van der Waals surface area contributed by atoms with Crippen molar-refractivity contribution in [1.29, 1.82) is 0 Å². The largest absolute Gasteiger partial charge is 0.480 e. The van der Waals surface area contributed by atoms with Crippen LogP contribution in [0.2, 0.25) is 0 Å². The van der Waals surface area contributed by atoms with Crippen molar-refractivity contribution in [2.45, 2.75) is 45.7 Å². The number of rotatable bonds is 7. The second kappa shape index (κ2) is 8.29. The quantitative estimate of drug-likeness (QED) is 0.812. The van der Waals surface area contributed by atoms with Crippen LogP contribution in [0.3, 0.4) is 0 Å². The highest BCUT2D eigenvalue weighted by Crippen LogP contribution is 2.07. The van der Waals surface area contributed by atoms with Gasteiger partial charge in [-0.05, 0) is 18.9 Å². The van der Waals surface area contributed by atoms with Gasteiger partial charge >= 0.3 is 12.0 Å². The van der Waals surface area contributed by atoms with Crippen LogP contribution in [-0.2, 0) is 11.3 Å². The Hall–Kier alpha value is -2.04. The predicted molar refractivity (Wildman–Crippen MR) is 82.1 cm³/mol. The maximum Gasteiger partial charge on any atom is 0.326 e. The molecule has 0 fully saturated rings. The number of nitrogens with zero attached hydrogens (tertiary/aromatic N) is 1. The summed E-state index contributed by atoms with van der Waals surface area (Å²) in [4.78, 5) is 24.7. The highest BCUT2D eigenvalue weighted by atomic mass is 16.4. The van der Waals surface area contributed by atoms with E-state index in [1.54, 1.807) is 7.05 Å². The van der Waals surface area contributed by atoms with Crippen LogP contribution in [0, 0.1) is 6.92 Å². The topological polar surface area (TPSA) is 69.6 Å². The van der Waals surface area contributed by atoms with Crippen LogP contribution in [0.4, 0.5) is 4.79 Å². The summed E-state index contributed by atoms with van der Waals surface area (Å²) in [5, 5.41) is 11.7. The van der Waals surface area contributed by atoms with Crippen molar-refractivity contribution in [3.8, 4) is 0 Å². The highest BCUT2D eigenvalue weighted by molar-refractivity contribution is 5.82. The average Bonchev–Trinajstić information content (AvgIpc) is 2.42. The maximum atomic E-state index is 12.1. The van der Waals surface area contributed by atoms with E-state index in [2.05, 4.69) is 5.32 Å². The van der Waals surface area contributed by atoms with Gasteiger partial charge in [0.2, 0.25) is 0 Å². The van der Waals surface area contributed by atoms with Crippen molar-refractivity contribution < 1.29 is 14.7 Å². The van der Waals surface area contributed by atoms with Gasteiger partial charge in [0.05, 0.1) is 0 Å². The molecule has 5 heteroatoms. The van der Waals surface area contributed by atoms with E-state index in [9.17, 15) is 9.59 Å². The number of amides is 2. The molecular weight excluding hydrogens is 268 g/mol. The SMILES string of the molecule is CCCC[C@H](NC(=O)N(C)Cc1cccc(C)c1)C(=O)O. The number of aliphatic carboxylic acids is 1. The van der Waals surface area contributed by atoms with E-state index in [0.29, 0.717) is 13.0 Å². The molecule has 0 aliphatic carbocycles. The standard InChI is InChI=1S/C16H24N2O3/c1-4-5-9-14(15(19)20)17-16(21)18(3)11-13-8-6-7-12(2)10-13/h6-8,10,14H,4-5,9,11H2,1-3H3,(H,17,21)(H,19,20)/t14-/m0/s1. The smallest absolute Gasteiger partial charge is 0.326 e. The Morgan fingerprint density at radius 3 is 2.67 bits per heavy atom. The summed E-state index contributed by atoms with van der Waals surface area (Å²) in [7, 11) is 1.66. The molecule has 0 aromatic heterocycles. The second-order valence-corrected chi connectivity index (χ2v) is 5.33. The number of hydrogen-bond acceptors (Lipinski definition) is 2. The Labute approximate surface area is 126 Å². The van der Waals surface area contributed by atoms with Crippen molar-refractivity contribution in [2.75, 3.05) is 7.05 Å². The zero-order valence-corrected chi connectivity index (χ0v) is 12.9. The second-order valence-electron chi connectivity index (χ2n) is 5.33. The Morgan fingerprint density at radius 2 is 2.10 bits per heavy atom. The fraction of sp³-hybridized carbons (Fsp3) is 0.500. The van der Waals surface area contributed by atoms with E-state index in [0.717, 1.165) is 24.0 Å². The number of urea groups is 1. The first-order valence-electron chi connectivity index (χ1n) is 7.24. The van der Waals surface area contributed by atoms with Crippen molar-refractivity contribution in [2.24, 2.45) is 0 Å². The van der Waals surface area contributed by atoms with Gasteiger partial charge in [0.25, 0.3) is 0 Å². The van der Waals surface area contributed by atoms with E-state index in [4.69, 9.17) is 5.11 Å². The average molecular weight is 292 g/mol. The van der Waals surface area contributed by atoms with Gasteiger partial charge in [-0.1, -0.05) is 49.6 Å². The number of nitrogens with one attached hydrogen (secondary N) is 1. The normalized spacial score (nSPS) is 11.8. The zero-order chi connectivity index (χ0) is 15.8. The minimum Gasteiger partial charge on any atom is -0.480 e. The minimum atomic E-state index is -0.985. The molecule has 1 atom stereocenters. The molecule has 0 aliphatic heterocycles. The molecule has 1 aromatic carbocycles. The third kappa shape index (κ3) is 5.85. The molecule has 0 unspecified atom stereocenters. The van der Waals surface area contributed by atoms with Crippen LogP contribution < -0.4 is 5.32 Å². The van der Waals surface area contributed by atoms with Crippen LogP contribution in [0.15, 0.2) is 24.3 Å². The third-order valence-corrected chi connectivity index (χ3v) is 3.29. The first kappa shape index (κ1) is 17.0. The van der Waals surface area contributed by atoms with E-state index in [1.807, 2.05) is 38.1 Å². The van der Waals surface area contributed by atoms with Crippen molar-refractivity contribution in [1.82, 2.24) is 10.2 Å². The van der Waals surface area contributed by atoms with Gasteiger partial charge in [-0.15, -0.1) is 0 Å². The maximum absolute atomic E-state index is 12.1. The lowest BCUT2D eigenvalue weighted by Gasteiger charge is -2.21. The minimum absolute atomic E-state index is 0.361. The fourth-order valence-electron chi connectivity index (χ4n) is 2.08. The van der Waals surface area contributed by atoms with E-state index >= 15 is 0 Å². The summed E-state index contributed by atoms with van der Waals surface area (Å²) in [5.41, 5.74) is 2.15. The summed E-state index contributed by atoms with van der Waals surface area (Å²) in [6.07, 6.45) is 2.13. The summed E-state index contributed by atoms with van der Waals surface area (Å²) < 4.78 is 0. The van der Waals surface area contributed by atoms with Gasteiger partial charge in [0.15, 0.2) is 0 Å². The number of carboxylic acids is 1. The van der Waals surface area contributed by atoms with Crippen molar-refractivity contribution in [3.63, 3.8) is 0 Å². The fourth-order valence-corrected chi connectivity index (χ4v) is 2.08. The number of unbranched alkanes of at least 4 members (excludes halogenated alkanes) is 1. The molecule has 2 N–H and O–H groups in total. The lowest BCUT2D eigenvalue weighted by atomic mass is 10.1. The van der Waals surface area contributed by atoms with Gasteiger partial charge in [-0.25, -0.2) is 9.59 Å². The molecule has 21 heavy (non-hydrogen) atoms. The molecule has 0 saturated heterocycles. The molecule has 1 rings (SSSR count). The molecule has 5 nitrogen and oxygen atoms in total. The van der Waals surface area contributed by atoms with Gasteiger partial charge in [-0.2, -0.15) is 0 Å². The molecule has 116 valence electrons.